The Morgan fingerprint density at radius 1 is 1.48 bits per heavy atom. The SMILES string of the molecule is CCCc1cc(=O)[nH]c(Sc2ncc(C(=O)O)cc2N)n1. The summed E-state index contributed by atoms with van der Waals surface area (Å²) in [5, 5.41) is 9.64. The Morgan fingerprint density at radius 3 is 2.86 bits per heavy atom. The zero-order valence-corrected chi connectivity index (χ0v) is 12.1. The van der Waals surface area contributed by atoms with E-state index in [1.54, 1.807) is 0 Å². The lowest BCUT2D eigenvalue weighted by Gasteiger charge is -2.06. The van der Waals surface area contributed by atoms with Crippen molar-refractivity contribution in [2.45, 2.75) is 29.9 Å². The first kappa shape index (κ1) is 15.0. The quantitative estimate of drug-likeness (QED) is 0.716. The number of anilines is 1. The zero-order chi connectivity index (χ0) is 15.4. The summed E-state index contributed by atoms with van der Waals surface area (Å²) in [6, 6.07) is 2.78. The number of pyridine rings is 1. The fraction of sp³-hybridized carbons (Fsp3) is 0.231. The van der Waals surface area contributed by atoms with Crippen LogP contribution in [-0.4, -0.2) is 26.0 Å². The number of carboxylic acids is 1. The van der Waals surface area contributed by atoms with E-state index in [-0.39, 0.29) is 16.8 Å². The Hall–Kier alpha value is -2.35. The summed E-state index contributed by atoms with van der Waals surface area (Å²) in [4.78, 5) is 33.3. The van der Waals surface area contributed by atoms with E-state index in [4.69, 9.17) is 10.8 Å². The number of carboxylic acid groups (broad SMARTS) is 1. The summed E-state index contributed by atoms with van der Waals surface area (Å²) in [5.74, 6) is -1.10. The molecule has 0 radical (unpaired) electrons. The van der Waals surface area contributed by atoms with Gasteiger partial charge in [0, 0.05) is 18.0 Å². The molecule has 8 heteroatoms. The minimum Gasteiger partial charge on any atom is -0.478 e. The lowest BCUT2D eigenvalue weighted by Crippen LogP contribution is -2.10. The van der Waals surface area contributed by atoms with Gasteiger partial charge >= 0.3 is 5.97 Å². The van der Waals surface area contributed by atoms with Gasteiger partial charge in [-0.05, 0) is 24.2 Å². The molecule has 2 rings (SSSR count). The number of aromatic carboxylic acids is 1. The first-order chi connectivity index (χ1) is 9.99. The van der Waals surface area contributed by atoms with Crippen LogP contribution >= 0.6 is 11.8 Å². The highest BCUT2D eigenvalue weighted by molar-refractivity contribution is 7.99. The van der Waals surface area contributed by atoms with Crippen LogP contribution in [0.5, 0.6) is 0 Å². The average molecular weight is 306 g/mol. The van der Waals surface area contributed by atoms with E-state index in [1.807, 2.05) is 6.92 Å². The highest BCUT2D eigenvalue weighted by atomic mass is 32.2. The predicted molar refractivity (Wildman–Crippen MR) is 78.6 cm³/mol. The van der Waals surface area contributed by atoms with Crippen molar-refractivity contribution in [3.8, 4) is 0 Å². The molecule has 0 aliphatic heterocycles. The number of H-pyrrole nitrogens is 1. The van der Waals surface area contributed by atoms with E-state index in [0.717, 1.165) is 18.2 Å². The van der Waals surface area contributed by atoms with E-state index >= 15 is 0 Å². The number of nitrogens with one attached hydrogen (secondary N) is 1. The van der Waals surface area contributed by atoms with Gasteiger partial charge in [-0.1, -0.05) is 13.3 Å². The molecule has 0 saturated heterocycles. The Balaban J connectivity index is 2.29. The molecule has 0 unspecified atom stereocenters. The van der Waals surface area contributed by atoms with Crippen molar-refractivity contribution in [1.29, 1.82) is 0 Å². The zero-order valence-electron chi connectivity index (χ0n) is 11.3. The third kappa shape index (κ3) is 3.82. The fourth-order valence-electron chi connectivity index (χ4n) is 1.68. The summed E-state index contributed by atoms with van der Waals surface area (Å²) < 4.78 is 0. The number of nitrogen functional groups attached to an aromatic ring is 1. The van der Waals surface area contributed by atoms with Gasteiger partial charge in [0.15, 0.2) is 5.16 Å². The van der Waals surface area contributed by atoms with Gasteiger partial charge in [-0.3, -0.25) is 4.79 Å². The standard InChI is InChI=1S/C13H14N4O3S/c1-2-3-8-5-10(18)17-13(16-8)21-11-9(14)4-7(6-15-11)12(19)20/h4-6H,2-3,14H2,1H3,(H,19,20)(H,16,17,18). The number of aromatic nitrogens is 3. The maximum atomic E-state index is 11.6. The number of nitrogens with zero attached hydrogens (tertiary/aromatic N) is 2. The second kappa shape index (κ2) is 6.40. The van der Waals surface area contributed by atoms with Gasteiger partial charge in [0.05, 0.1) is 11.3 Å². The number of aromatic amines is 1. The molecule has 4 N–H and O–H groups in total. The average Bonchev–Trinajstić information content (AvgIpc) is 2.40. The maximum Gasteiger partial charge on any atom is 0.337 e. The number of hydrogen-bond donors (Lipinski definition) is 3. The summed E-state index contributed by atoms with van der Waals surface area (Å²) in [5.41, 5.74) is 6.47. The number of carbonyl (C=O) groups is 1. The van der Waals surface area contributed by atoms with Crippen molar-refractivity contribution >= 4 is 23.4 Å². The van der Waals surface area contributed by atoms with Crippen LogP contribution in [0.1, 0.15) is 29.4 Å². The fourth-order valence-corrected chi connectivity index (χ4v) is 2.46. The molecule has 0 amide bonds. The molecule has 0 atom stereocenters. The van der Waals surface area contributed by atoms with Gasteiger partial charge in [0.25, 0.3) is 5.56 Å². The summed E-state index contributed by atoms with van der Waals surface area (Å²) in [6.07, 6.45) is 2.81. The van der Waals surface area contributed by atoms with E-state index in [2.05, 4.69) is 15.0 Å². The first-order valence-corrected chi connectivity index (χ1v) is 7.08. The Labute approximate surface area is 124 Å². The molecule has 2 aromatic heterocycles. The summed E-state index contributed by atoms with van der Waals surface area (Å²) in [7, 11) is 0. The third-order valence-electron chi connectivity index (χ3n) is 2.60. The minimum atomic E-state index is -1.10. The number of rotatable bonds is 5. The minimum absolute atomic E-state index is 0.0121. The highest BCUT2D eigenvalue weighted by Gasteiger charge is 2.11. The summed E-state index contributed by atoms with van der Waals surface area (Å²) >= 11 is 1.09. The Bertz CT molecular complexity index is 730. The molecule has 0 aliphatic carbocycles. The first-order valence-electron chi connectivity index (χ1n) is 6.26. The molecule has 7 nitrogen and oxygen atoms in total. The van der Waals surface area contributed by atoms with Gasteiger partial charge in [-0.25, -0.2) is 14.8 Å². The molecular weight excluding hydrogens is 292 g/mol. The number of hydrogen-bond acceptors (Lipinski definition) is 6. The van der Waals surface area contributed by atoms with Crippen LogP contribution in [0.25, 0.3) is 0 Å². The highest BCUT2D eigenvalue weighted by Crippen LogP contribution is 2.27. The van der Waals surface area contributed by atoms with Crippen molar-refractivity contribution in [3.05, 3.63) is 39.9 Å². The molecule has 0 saturated carbocycles. The Kier molecular flexibility index (Phi) is 4.59. The third-order valence-corrected chi connectivity index (χ3v) is 3.52. The largest absolute Gasteiger partial charge is 0.478 e. The van der Waals surface area contributed by atoms with Gasteiger partial charge in [0.2, 0.25) is 0 Å². The van der Waals surface area contributed by atoms with Gasteiger partial charge in [0.1, 0.15) is 5.03 Å². The van der Waals surface area contributed by atoms with Gasteiger partial charge in [-0.2, -0.15) is 0 Å². The smallest absolute Gasteiger partial charge is 0.337 e. The lowest BCUT2D eigenvalue weighted by molar-refractivity contribution is 0.0696. The molecule has 110 valence electrons. The molecule has 0 aromatic carbocycles. The van der Waals surface area contributed by atoms with Crippen LogP contribution in [-0.2, 0) is 6.42 Å². The Morgan fingerprint density at radius 2 is 2.24 bits per heavy atom. The van der Waals surface area contributed by atoms with Crippen molar-refractivity contribution < 1.29 is 9.90 Å². The van der Waals surface area contributed by atoms with Crippen molar-refractivity contribution in [3.63, 3.8) is 0 Å². The van der Waals surface area contributed by atoms with Crippen LogP contribution in [0.2, 0.25) is 0 Å². The van der Waals surface area contributed by atoms with Crippen molar-refractivity contribution in [2.75, 3.05) is 5.73 Å². The second-order valence-corrected chi connectivity index (χ2v) is 5.29. The van der Waals surface area contributed by atoms with E-state index in [0.29, 0.717) is 22.3 Å². The normalized spacial score (nSPS) is 10.5. The molecule has 0 fully saturated rings. The molecule has 21 heavy (non-hydrogen) atoms. The van der Waals surface area contributed by atoms with Crippen molar-refractivity contribution in [2.24, 2.45) is 0 Å². The molecular formula is C13H14N4O3S. The predicted octanol–water partition coefficient (Wildman–Crippen LogP) is 1.55. The monoisotopic (exact) mass is 306 g/mol. The maximum absolute atomic E-state index is 11.6. The molecule has 0 bridgehead atoms. The van der Waals surface area contributed by atoms with Crippen LogP contribution in [0, 0.1) is 0 Å². The van der Waals surface area contributed by atoms with Crippen LogP contribution in [0.15, 0.2) is 33.3 Å². The summed E-state index contributed by atoms with van der Waals surface area (Å²) in [6.45, 7) is 2.00. The van der Waals surface area contributed by atoms with Crippen LogP contribution in [0.3, 0.4) is 0 Å². The molecule has 2 heterocycles. The van der Waals surface area contributed by atoms with Crippen LogP contribution in [0.4, 0.5) is 5.69 Å². The molecule has 2 aromatic rings. The number of aryl methyl sites for hydroxylation is 1. The van der Waals surface area contributed by atoms with Gasteiger partial charge < -0.3 is 15.8 Å². The topological polar surface area (TPSA) is 122 Å². The number of nitrogens with two attached hydrogens (primary N) is 1. The van der Waals surface area contributed by atoms with E-state index < -0.39 is 5.97 Å². The lowest BCUT2D eigenvalue weighted by atomic mass is 10.2. The van der Waals surface area contributed by atoms with Gasteiger partial charge in [-0.15, -0.1) is 0 Å². The van der Waals surface area contributed by atoms with Crippen molar-refractivity contribution in [1.82, 2.24) is 15.0 Å². The van der Waals surface area contributed by atoms with E-state index in [9.17, 15) is 9.59 Å². The second-order valence-electron chi connectivity index (χ2n) is 4.32. The van der Waals surface area contributed by atoms with E-state index in [1.165, 1.54) is 18.3 Å². The molecule has 0 aliphatic rings. The molecule has 0 spiro atoms. The van der Waals surface area contributed by atoms with Crippen LogP contribution < -0.4 is 11.3 Å².